The summed E-state index contributed by atoms with van der Waals surface area (Å²) in [5, 5.41) is 3.42. The Morgan fingerprint density at radius 2 is 1.67 bits per heavy atom. The Hall–Kier alpha value is -3.87. The van der Waals surface area contributed by atoms with Crippen LogP contribution < -0.4 is 14.8 Å². The zero-order chi connectivity index (χ0) is 27.5. The van der Waals surface area contributed by atoms with Gasteiger partial charge in [-0.15, -0.1) is 0 Å². The zero-order valence-corrected chi connectivity index (χ0v) is 22.8. The molecular formula is C32H35NO6. The SMILES string of the molecule is COc1cc([C@@H]2C(C(=O)OC3CCCCC3)=C(C)NC3=C2C(=O)C[C@@H](c2ccccc2)C3)ccc1OC(C)=O. The van der Waals surface area contributed by atoms with Gasteiger partial charge in [-0.25, -0.2) is 4.79 Å². The number of benzene rings is 2. The number of Topliss-reactive ketones (excluding diaryl/α,β-unsaturated/α-hetero) is 1. The van der Waals surface area contributed by atoms with Crippen molar-refractivity contribution < 1.29 is 28.6 Å². The molecule has 0 radical (unpaired) electrons. The second-order valence-electron chi connectivity index (χ2n) is 10.6. The highest BCUT2D eigenvalue weighted by Crippen LogP contribution is 2.47. The fourth-order valence-electron chi connectivity index (χ4n) is 6.10. The normalized spacial score (nSPS) is 21.7. The number of rotatable bonds is 6. The minimum atomic E-state index is -0.623. The van der Waals surface area contributed by atoms with Crippen molar-refractivity contribution in [1.29, 1.82) is 0 Å². The number of hydrogen-bond donors (Lipinski definition) is 1. The molecule has 0 spiro atoms. The molecule has 0 unspecified atom stereocenters. The minimum Gasteiger partial charge on any atom is -0.493 e. The summed E-state index contributed by atoms with van der Waals surface area (Å²) in [4.78, 5) is 39.2. The third-order valence-corrected chi connectivity index (χ3v) is 7.92. The van der Waals surface area contributed by atoms with Crippen LogP contribution in [-0.2, 0) is 19.1 Å². The average Bonchev–Trinajstić information content (AvgIpc) is 2.93. The first-order chi connectivity index (χ1) is 18.9. The van der Waals surface area contributed by atoms with E-state index in [4.69, 9.17) is 14.2 Å². The van der Waals surface area contributed by atoms with Crippen LogP contribution in [0.3, 0.4) is 0 Å². The Kier molecular flexibility index (Phi) is 7.87. The van der Waals surface area contributed by atoms with Gasteiger partial charge in [0.05, 0.1) is 12.7 Å². The Morgan fingerprint density at radius 1 is 0.923 bits per heavy atom. The Balaban J connectivity index is 1.57. The second kappa shape index (κ2) is 11.5. The predicted molar refractivity (Wildman–Crippen MR) is 146 cm³/mol. The van der Waals surface area contributed by atoms with E-state index >= 15 is 0 Å². The van der Waals surface area contributed by atoms with Gasteiger partial charge in [0, 0.05) is 36.2 Å². The number of carbonyl (C=O) groups is 3. The van der Waals surface area contributed by atoms with Gasteiger partial charge in [0.2, 0.25) is 0 Å². The topological polar surface area (TPSA) is 90.9 Å². The van der Waals surface area contributed by atoms with E-state index < -0.39 is 17.9 Å². The molecule has 1 saturated carbocycles. The van der Waals surface area contributed by atoms with Crippen molar-refractivity contribution in [3.05, 3.63) is 82.2 Å². The van der Waals surface area contributed by atoms with Gasteiger partial charge >= 0.3 is 11.9 Å². The summed E-state index contributed by atoms with van der Waals surface area (Å²) in [6.45, 7) is 3.20. The third-order valence-electron chi connectivity index (χ3n) is 7.92. The molecule has 1 N–H and O–H groups in total. The lowest BCUT2D eigenvalue weighted by Crippen LogP contribution is -2.37. The van der Waals surface area contributed by atoms with Crippen molar-refractivity contribution in [3.8, 4) is 11.5 Å². The van der Waals surface area contributed by atoms with Crippen molar-refractivity contribution in [2.24, 2.45) is 0 Å². The van der Waals surface area contributed by atoms with E-state index in [1.165, 1.54) is 14.0 Å². The lowest BCUT2D eigenvalue weighted by molar-refractivity contribution is -0.146. The van der Waals surface area contributed by atoms with Gasteiger partial charge in [-0.3, -0.25) is 9.59 Å². The maximum absolute atomic E-state index is 13.9. The maximum atomic E-state index is 13.9. The van der Waals surface area contributed by atoms with E-state index in [2.05, 4.69) is 17.4 Å². The highest BCUT2D eigenvalue weighted by Gasteiger charge is 2.42. The third kappa shape index (κ3) is 5.63. The molecule has 1 fully saturated rings. The van der Waals surface area contributed by atoms with Gasteiger partial charge in [0.1, 0.15) is 6.10 Å². The van der Waals surface area contributed by atoms with Crippen molar-refractivity contribution in [3.63, 3.8) is 0 Å². The van der Waals surface area contributed by atoms with Gasteiger partial charge in [0.15, 0.2) is 17.3 Å². The molecular weight excluding hydrogens is 494 g/mol. The molecule has 1 heterocycles. The summed E-state index contributed by atoms with van der Waals surface area (Å²) >= 11 is 0. The number of allylic oxidation sites excluding steroid dienone is 3. The number of ketones is 1. The molecule has 0 saturated heterocycles. The highest BCUT2D eigenvalue weighted by molar-refractivity contribution is 6.04. The van der Waals surface area contributed by atoms with Gasteiger partial charge in [0.25, 0.3) is 0 Å². The van der Waals surface area contributed by atoms with Crippen LogP contribution in [0, 0.1) is 0 Å². The molecule has 7 heteroatoms. The quantitative estimate of drug-likeness (QED) is 0.370. The van der Waals surface area contributed by atoms with Gasteiger partial charge in [-0.1, -0.05) is 42.8 Å². The van der Waals surface area contributed by atoms with Gasteiger partial charge in [-0.2, -0.15) is 0 Å². The smallest absolute Gasteiger partial charge is 0.337 e. The first-order valence-electron chi connectivity index (χ1n) is 13.7. The van der Waals surface area contributed by atoms with Gasteiger partial charge in [-0.05, 0) is 68.2 Å². The molecule has 39 heavy (non-hydrogen) atoms. The minimum absolute atomic E-state index is 0.00102. The summed E-state index contributed by atoms with van der Waals surface area (Å²) in [6, 6.07) is 15.2. The molecule has 0 amide bonds. The molecule has 1 aliphatic heterocycles. The van der Waals surface area contributed by atoms with E-state index in [1.807, 2.05) is 25.1 Å². The van der Waals surface area contributed by atoms with Crippen molar-refractivity contribution in [1.82, 2.24) is 5.32 Å². The van der Waals surface area contributed by atoms with Crippen LogP contribution in [0.1, 0.15) is 81.8 Å². The van der Waals surface area contributed by atoms with Crippen LogP contribution in [0.25, 0.3) is 0 Å². The van der Waals surface area contributed by atoms with Crippen molar-refractivity contribution >= 4 is 17.7 Å². The van der Waals surface area contributed by atoms with Crippen molar-refractivity contribution in [2.75, 3.05) is 7.11 Å². The molecule has 204 valence electrons. The summed E-state index contributed by atoms with van der Waals surface area (Å²) in [5.74, 6) is -0.799. The molecule has 5 rings (SSSR count). The Bertz CT molecular complexity index is 1340. The monoisotopic (exact) mass is 529 g/mol. The summed E-state index contributed by atoms with van der Waals surface area (Å²) < 4.78 is 16.9. The van der Waals surface area contributed by atoms with E-state index in [0.717, 1.165) is 43.4 Å². The lowest BCUT2D eigenvalue weighted by Gasteiger charge is -2.37. The Labute approximate surface area is 229 Å². The molecule has 3 aliphatic rings. The van der Waals surface area contributed by atoms with Crippen LogP contribution >= 0.6 is 0 Å². The number of ether oxygens (including phenoxy) is 3. The largest absolute Gasteiger partial charge is 0.493 e. The number of nitrogens with one attached hydrogen (secondary N) is 1. The van der Waals surface area contributed by atoms with Crippen LogP contribution in [0.4, 0.5) is 0 Å². The van der Waals surface area contributed by atoms with E-state index in [0.29, 0.717) is 41.0 Å². The number of dihydropyridines is 1. The first kappa shape index (κ1) is 26.7. The van der Waals surface area contributed by atoms with E-state index in [1.54, 1.807) is 18.2 Å². The maximum Gasteiger partial charge on any atom is 0.337 e. The van der Waals surface area contributed by atoms with E-state index in [9.17, 15) is 14.4 Å². The number of esters is 2. The molecule has 7 nitrogen and oxygen atoms in total. The van der Waals surface area contributed by atoms with Crippen LogP contribution in [-0.4, -0.2) is 30.9 Å². The first-order valence-corrected chi connectivity index (χ1v) is 13.7. The van der Waals surface area contributed by atoms with Crippen LogP contribution in [0.2, 0.25) is 0 Å². The highest BCUT2D eigenvalue weighted by atomic mass is 16.6. The van der Waals surface area contributed by atoms with Gasteiger partial charge < -0.3 is 19.5 Å². The molecule has 0 bridgehead atoms. The average molecular weight is 530 g/mol. The molecule has 0 aromatic heterocycles. The number of carbonyl (C=O) groups excluding carboxylic acids is 3. The fourth-order valence-corrected chi connectivity index (χ4v) is 6.10. The molecule has 2 atom stereocenters. The predicted octanol–water partition coefficient (Wildman–Crippen LogP) is 5.86. The number of methoxy groups -OCH3 is 1. The Morgan fingerprint density at radius 3 is 2.36 bits per heavy atom. The van der Waals surface area contributed by atoms with Crippen LogP contribution in [0.15, 0.2) is 71.1 Å². The second-order valence-corrected chi connectivity index (χ2v) is 10.6. The molecule has 2 aromatic rings. The standard InChI is InChI=1S/C32H35NO6/c1-19-29(32(36)39-24-12-8-5-9-13-24)30(22-14-15-27(38-20(2)34)28(18-22)37-3)31-25(33-19)16-23(17-26(31)35)21-10-6-4-7-11-21/h4,6-7,10-11,14-15,18,23-24,30,33H,5,8-9,12-13,16-17H2,1-3H3/t23-,30+/m0/s1. The lowest BCUT2D eigenvalue weighted by atomic mass is 9.71. The molecule has 2 aromatic carbocycles. The summed E-state index contributed by atoms with van der Waals surface area (Å²) in [5.41, 5.74) is 4.37. The molecule has 2 aliphatic carbocycles. The zero-order valence-electron chi connectivity index (χ0n) is 22.8. The number of hydrogen-bond acceptors (Lipinski definition) is 7. The fraction of sp³-hybridized carbons (Fsp3) is 0.406. The van der Waals surface area contributed by atoms with Crippen molar-refractivity contribution in [2.45, 2.75) is 76.7 Å². The van der Waals surface area contributed by atoms with Crippen LogP contribution in [0.5, 0.6) is 11.5 Å². The van der Waals surface area contributed by atoms with E-state index in [-0.39, 0.29) is 23.6 Å². The summed E-state index contributed by atoms with van der Waals surface area (Å²) in [6.07, 6.45) is 5.84. The summed E-state index contributed by atoms with van der Waals surface area (Å²) in [7, 11) is 1.49.